The average Bonchev–Trinajstić information content (AvgIpc) is 2.17. The second kappa shape index (κ2) is 4.51. The highest BCUT2D eigenvalue weighted by molar-refractivity contribution is 5.43. The molecule has 0 saturated heterocycles. The van der Waals surface area contributed by atoms with Gasteiger partial charge in [0.1, 0.15) is 11.5 Å². The molecule has 1 aromatic rings. The number of methoxy groups -OCH3 is 1. The predicted molar refractivity (Wildman–Crippen MR) is 57.8 cm³/mol. The summed E-state index contributed by atoms with van der Waals surface area (Å²) in [7, 11) is 1.56. The summed E-state index contributed by atoms with van der Waals surface area (Å²) < 4.78 is 5.01. The molecule has 1 rings (SSSR count). The van der Waals surface area contributed by atoms with Crippen molar-refractivity contribution in [2.24, 2.45) is 5.90 Å². The predicted octanol–water partition coefficient (Wildman–Crippen LogP) is 1.57. The van der Waals surface area contributed by atoms with E-state index in [4.69, 9.17) is 10.6 Å². The third-order valence-electron chi connectivity index (χ3n) is 2.38. The van der Waals surface area contributed by atoms with Crippen LogP contribution in [0.3, 0.4) is 0 Å². The second-order valence-corrected chi connectivity index (χ2v) is 4.08. The molecule has 4 heteroatoms. The van der Waals surface area contributed by atoms with Crippen LogP contribution in [-0.4, -0.2) is 18.8 Å². The quantitative estimate of drug-likeness (QED) is 0.742. The highest BCUT2D eigenvalue weighted by Gasteiger charge is 2.24. The number of ether oxygens (including phenoxy) is 1. The van der Waals surface area contributed by atoms with Gasteiger partial charge in [0.2, 0.25) is 0 Å². The third kappa shape index (κ3) is 2.61. The van der Waals surface area contributed by atoms with E-state index in [9.17, 15) is 5.11 Å². The van der Waals surface area contributed by atoms with Gasteiger partial charge in [0.15, 0.2) is 0 Å². The molecule has 0 saturated carbocycles. The molecule has 0 spiro atoms. The van der Waals surface area contributed by atoms with Crippen molar-refractivity contribution >= 4 is 0 Å². The van der Waals surface area contributed by atoms with Gasteiger partial charge >= 0.3 is 0 Å². The fourth-order valence-electron chi connectivity index (χ4n) is 1.50. The highest BCUT2D eigenvalue weighted by Crippen LogP contribution is 2.33. The summed E-state index contributed by atoms with van der Waals surface area (Å²) in [6.07, 6.45) is 0. The molecule has 0 aliphatic rings. The molecule has 4 nitrogen and oxygen atoms in total. The molecule has 1 aromatic carbocycles. The van der Waals surface area contributed by atoms with Crippen LogP contribution in [0.15, 0.2) is 18.2 Å². The Kier molecular flexibility index (Phi) is 3.55. The van der Waals surface area contributed by atoms with E-state index in [1.165, 1.54) is 0 Å². The standard InChI is InChI=1S/C11H17NO3/c1-11(2,7-15-12)9-5-4-8(14-3)6-10(9)13/h4-6,13H,7,12H2,1-3H3. The Bertz CT molecular complexity index is 337. The SMILES string of the molecule is COc1ccc(C(C)(C)CON)c(O)c1. The molecule has 0 unspecified atom stereocenters. The van der Waals surface area contributed by atoms with E-state index in [1.54, 1.807) is 19.2 Å². The van der Waals surface area contributed by atoms with E-state index >= 15 is 0 Å². The summed E-state index contributed by atoms with van der Waals surface area (Å²) >= 11 is 0. The van der Waals surface area contributed by atoms with Crippen LogP contribution in [0.25, 0.3) is 0 Å². The summed E-state index contributed by atoms with van der Waals surface area (Å²) in [5.74, 6) is 5.87. The van der Waals surface area contributed by atoms with Crippen molar-refractivity contribution in [3.8, 4) is 11.5 Å². The molecule has 0 fully saturated rings. The Morgan fingerprint density at radius 1 is 1.40 bits per heavy atom. The van der Waals surface area contributed by atoms with Gasteiger partial charge < -0.3 is 14.7 Å². The molecule has 3 N–H and O–H groups in total. The Hall–Kier alpha value is -1.26. The summed E-state index contributed by atoms with van der Waals surface area (Å²) in [6.45, 7) is 4.23. The van der Waals surface area contributed by atoms with Crippen LogP contribution in [0.5, 0.6) is 11.5 Å². The van der Waals surface area contributed by atoms with Crippen LogP contribution in [0.4, 0.5) is 0 Å². The number of phenols is 1. The van der Waals surface area contributed by atoms with Gasteiger partial charge in [0, 0.05) is 17.0 Å². The number of hydrogen-bond donors (Lipinski definition) is 2. The third-order valence-corrected chi connectivity index (χ3v) is 2.38. The van der Waals surface area contributed by atoms with Crippen LogP contribution in [0, 0.1) is 0 Å². The highest BCUT2D eigenvalue weighted by atomic mass is 16.6. The zero-order valence-corrected chi connectivity index (χ0v) is 9.28. The lowest BCUT2D eigenvalue weighted by Gasteiger charge is -2.24. The maximum atomic E-state index is 9.81. The summed E-state index contributed by atoms with van der Waals surface area (Å²) in [6, 6.07) is 5.19. The van der Waals surface area contributed by atoms with E-state index in [0.717, 1.165) is 5.56 Å². The minimum absolute atomic E-state index is 0.191. The van der Waals surface area contributed by atoms with Crippen molar-refractivity contribution in [3.05, 3.63) is 23.8 Å². The van der Waals surface area contributed by atoms with Crippen molar-refractivity contribution in [2.45, 2.75) is 19.3 Å². The number of benzene rings is 1. The van der Waals surface area contributed by atoms with Gasteiger partial charge in [-0.05, 0) is 6.07 Å². The van der Waals surface area contributed by atoms with Crippen molar-refractivity contribution in [1.29, 1.82) is 0 Å². The molecule has 0 heterocycles. The molecule has 0 aromatic heterocycles. The lowest BCUT2D eigenvalue weighted by molar-refractivity contribution is 0.0954. The number of aromatic hydroxyl groups is 1. The zero-order valence-electron chi connectivity index (χ0n) is 9.28. The van der Waals surface area contributed by atoms with Gasteiger partial charge in [0.25, 0.3) is 0 Å². The molecule has 0 aliphatic carbocycles. The van der Waals surface area contributed by atoms with Gasteiger partial charge in [-0.15, -0.1) is 0 Å². The first-order valence-electron chi connectivity index (χ1n) is 4.70. The largest absolute Gasteiger partial charge is 0.508 e. The molecule has 15 heavy (non-hydrogen) atoms. The Morgan fingerprint density at radius 2 is 2.07 bits per heavy atom. The van der Waals surface area contributed by atoms with Crippen LogP contribution in [-0.2, 0) is 10.3 Å². The van der Waals surface area contributed by atoms with Gasteiger partial charge in [-0.3, -0.25) is 0 Å². The molecule has 0 atom stereocenters. The van der Waals surface area contributed by atoms with Crippen molar-refractivity contribution in [2.75, 3.05) is 13.7 Å². The smallest absolute Gasteiger partial charge is 0.123 e. The van der Waals surface area contributed by atoms with Crippen molar-refractivity contribution < 1.29 is 14.7 Å². The van der Waals surface area contributed by atoms with E-state index in [1.807, 2.05) is 19.9 Å². The Balaban J connectivity index is 3.04. The Morgan fingerprint density at radius 3 is 2.53 bits per heavy atom. The maximum Gasteiger partial charge on any atom is 0.123 e. The van der Waals surface area contributed by atoms with E-state index in [-0.39, 0.29) is 11.2 Å². The minimum Gasteiger partial charge on any atom is -0.508 e. The van der Waals surface area contributed by atoms with Crippen LogP contribution >= 0.6 is 0 Å². The summed E-state index contributed by atoms with van der Waals surface area (Å²) in [5, 5.41) is 9.81. The molecule has 0 bridgehead atoms. The van der Waals surface area contributed by atoms with E-state index in [2.05, 4.69) is 4.84 Å². The molecular weight excluding hydrogens is 194 g/mol. The number of hydrogen-bond acceptors (Lipinski definition) is 4. The van der Waals surface area contributed by atoms with Crippen LogP contribution < -0.4 is 10.6 Å². The van der Waals surface area contributed by atoms with Gasteiger partial charge in [-0.2, -0.15) is 0 Å². The normalized spacial score (nSPS) is 11.5. The van der Waals surface area contributed by atoms with E-state index < -0.39 is 0 Å². The zero-order chi connectivity index (χ0) is 11.5. The molecule has 0 radical (unpaired) electrons. The topological polar surface area (TPSA) is 64.7 Å². The first-order chi connectivity index (χ1) is 7.01. The van der Waals surface area contributed by atoms with Crippen molar-refractivity contribution in [3.63, 3.8) is 0 Å². The Labute approximate surface area is 89.6 Å². The van der Waals surface area contributed by atoms with E-state index in [0.29, 0.717) is 12.4 Å². The number of phenolic OH excluding ortho intramolecular Hbond substituents is 1. The van der Waals surface area contributed by atoms with Gasteiger partial charge in [-0.25, -0.2) is 5.90 Å². The average molecular weight is 211 g/mol. The van der Waals surface area contributed by atoms with Crippen LogP contribution in [0.2, 0.25) is 0 Å². The van der Waals surface area contributed by atoms with Crippen LogP contribution in [0.1, 0.15) is 19.4 Å². The first kappa shape index (κ1) is 11.8. The number of nitrogens with two attached hydrogens (primary N) is 1. The maximum absolute atomic E-state index is 9.81. The first-order valence-corrected chi connectivity index (χ1v) is 4.70. The van der Waals surface area contributed by atoms with Gasteiger partial charge in [0.05, 0.1) is 13.7 Å². The summed E-state index contributed by atoms with van der Waals surface area (Å²) in [5.41, 5.74) is 0.458. The lowest BCUT2D eigenvalue weighted by Crippen LogP contribution is -2.26. The monoisotopic (exact) mass is 211 g/mol. The molecular formula is C11H17NO3. The molecule has 0 amide bonds. The van der Waals surface area contributed by atoms with Gasteiger partial charge in [-0.1, -0.05) is 19.9 Å². The second-order valence-electron chi connectivity index (χ2n) is 4.08. The van der Waals surface area contributed by atoms with Crippen molar-refractivity contribution in [1.82, 2.24) is 0 Å². The lowest BCUT2D eigenvalue weighted by atomic mass is 9.85. The molecule has 0 aliphatic heterocycles. The summed E-state index contributed by atoms with van der Waals surface area (Å²) in [4.78, 5) is 4.63. The molecule has 84 valence electrons. The fraction of sp³-hybridized carbons (Fsp3) is 0.455. The fourth-order valence-corrected chi connectivity index (χ4v) is 1.50. The minimum atomic E-state index is -0.328. The number of rotatable bonds is 4.